The fourth-order valence-corrected chi connectivity index (χ4v) is 1.74. The third-order valence-electron chi connectivity index (χ3n) is 3.07. The van der Waals surface area contributed by atoms with Crippen LogP contribution in [0.25, 0.3) is 6.08 Å². The molecule has 0 fully saturated rings. The van der Waals surface area contributed by atoms with Gasteiger partial charge in [0.15, 0.2) is 0 Å². The predicted molar refractivity (Wildman–Crippen MR) is 97.5 cm³/mol. The van der Waals surface area contributed by atoms with E-state index in [1.54, 1.807) is 7.11 Å². The van der Waals surface area contributed by atoms with E-state index >= 15 is 0 Å². The lowest BCUT2D eigenvalue weighted by molar-refractivity contribution is 0.239. The maximum atomic E-state index is 8.99. The number of benzene rings is 1. The molecule has 1 aromatic carbocycles. The highest BCUT2D eigenvalue weighted by Gasteiger charge is 2.04. The SMILES string of the molecule is CC(C)C.COc1ccc(C(C)C)cc1/C=C/C[C@H](C)CO. The van der Waals surface area contributed by atoms with E-state index in [-0.39, 0.29) is 6.61 Å². The van der Waals surface area contributed by atoms with Crippen molar-refractivity contribution in [3.63, 3.8) is 0 Å². The fourth-order valence-electron chi connectivity index (χ4n) is 1.74. The van der Waals surface area contributed by atoms with Gasteiger partial charge < -0.3 is 9.84 Å². The molecule has 0 saturated heterocycles. The molecule has 1 rings (SSSR count). The number of methoxy groups -OCH3 is 1. The van der Waals surface area contributed by atoms with Crippen LogP contribution in [0, 0.1) is 11.8 Å². The van der Waals surface area contributed by atoms with Crippen molar-refractivity contribution in [1.82, 2.24) is 0 Å². The maximum Gasteiger partial charge on any atom is 0.126 e. The van der Waals surface area contributed by atoms with Crippen LogP contribution < -0.4 is 4.74 Å². The van der Waals surface area contributed by atoms with Gasteiger partial charge in [0, 0.05) is 12.2 Å². The van der Waals surface area contributed by atoms with E-state index in [1.165, 1.54) is 5.56 Å². The second-order valence-electron chi connectivity index (χ2n) is 6.81. The molecule has 0 saturated carbocycles. The number of rotatable bonds is 6. The minimum atomic E-state index is 0.230. The van der Waals surface area contributed by atoms with Crippen LogP contribution in [-0.4, -0.2) is 18.8 Å². The minimum Gasteiger partial charge on any atom is -0.496 e. The van der Waals surface area contributed by atoms with Gasteiger partial charge in [-0.3, -0.25) is 0 Å². The van der Waals surface area contributed by atoms with Gasteiger partial charge in [0.2, 0.25) is 0 Å². The Hall–Kier alpha value is -1.28. The molecule has 1 aromatic rings. The summed E-state index contributed by atoms with van der Waals surface area (Å²) in [6.07, 6.45) is 5.06. The third-order valence-corrected chi connectivity index (χ3v) is 3.07. The molecule has 2 heteroatoms. The third kappa shape index (κ3) is 8.89. The first kappa shape index (κ1) is 20.7. The highest BCUT2D eigenvalue weighted by Crippen LogP contribution is 2.25. The standard InChI is InChI=1S/C16H24O2.C4H10/c1-12(2)14-8-9-16(18-4)15(10-14)7-5-6-13(3)11-17;1-4(2)3/h5,7-10,12-13,17H,6,11H2,1-4H3;4H,1-3H3/b7-5+;/t13-;/m0./s1. The second kappa shape index (κ2) is 11.3. The molecule has 0 spiro atoms. The van der Waals surface area contributed by atoms with E-state index < -0.39 is 0 Å². The number of aliphatic hydroxyl groups excluding tert-OH is 1. The van der Waals surface area contributed by atoms with Crippen molar-refractivity contribution in [2.75, 3.05) is 13.7 Å². The first-order valence-electron chi connectivity index (χ1n) is 8.27. The predicted octanol–water partition coefficient (Wildman–Crippen LogP) is 5.51. The van der Waals surface area contributed by atoms with E-state index in [0.717, 1.165) is 23.7 Å². The van der Waals surface area contributed by atoms with Gasteiger partial charge in [-0.2, -0.15) is 0 Å². The van der Waals surface area contributed by atoms with Gasteiger partial charge in [0.25, 0.3) is 0 Å². The topological polar surface area (TPSA) is 29.5 Å². The van der Waals surface area contributed by atoms with Gasteiger partial charge in [-0.1, -0.05) is 59.8 Å². The van der Waals surface area contributed by atoms with Crippen molar-refractivity contribution in [2.45, 2.75) is 53.9 Å². The first-order valence-corrected chi connectivity index (χ1v) is 8.27. The number of allylic oxidation sites excluding steroid dienone is 1. The van der Waals surface area contributed by atoms with Crippen LogP contribution in [-0.2, 0) is 0 Å². The summed E-state index contributed by atoms with van der Waals surface area (Å²) in [5, 5.41) is 8.99. The Morgan fingerprint density at radius 1 is 1.09 bits per heavy atom. The average molecular weight is 306 g/mol. The van der Waals surface area contributed by atoms with Gasteiger partial charge in [-0.15, -0.1) is 0 Å². The molecular formula is C20H34O2. The Kier molecular flexibility index (Phi) is 10.7. The second-order valence-corrected chi connectivity index (χ2v) is 6.81. The van der Waals surface area contributed by atoms with Crippen LogP contribution in [0.5, 0.6) is 5.75 Å². The summed E-state index contributed by atoms with van der Waals surface area (Å²) < 4.78 is 5.36. The number of ether oxygens (including phenoxy) is 1. The molecule has 0 aromatic heterocycles. The summed E-state index contributed by atoms with van der Waals surface area (Å²) in [5.41, 5.74) is 2.42. The summed E-state index contributed by atoms with van der Waals surface area (Å²) in [7, 11) is 1.69. The molecule has 1 N–H and O–H groups in total. The van der Waals surface area contributed by atoms with Gasteiger partial charge in [-0.25, -0.2) is 0 Å². The van der Waals surface area contributed by atoms with E-state index in [1.807, 2.05) is 13.0 Å². The zero-order valence-electron chi connectivity index (χ0n) is 15.4. The summed E-state index contributed by atoms with van der Waals surface area (Å²) >= 11 is 0. The molecule has 0 aliphatic heterocycles. The van der Waals surface area contributed by atoms with Crippen molar-refractivity contribution in [1.29, 1.82) is 0 Å². The van der Waals surface area contributed by atoms with Crippen LogP contribution in [0.15, 0.2) is 24.3 Å². The van der Waals surface area contributed by atoms with Crippen molar-refractivity contribution in [3.05, 3.63) is 35.4 Å². The lowest BCUT2D eigenvalue weighted by Gasteiger charge is -2.10. The van der Waals surface area contributed by atoms with Crippen molar-refractivity contribution in [3.8, 4) is 5.75 Å². The summed E-state index contributed by atoms with van der Waals surface area (Å²) in [5.74, 6) is 2.55. The van der Waals surface area contributed by atoms with Crippen LogP contribution in [0.1, 0.15) is 65.0 Å². The largest absolute Gasteiger partial charge is 0.496 e. The lowest BCUT2D eigenvalue weighted by atomic mass is 9.99. The molecule has 0 bridgehead atoms. The summed E-state index contributed by atoms with van der Waals surface area (Å²) in [6.45, 7) is 13.1. The number of aliphatic hydroxyl groups is 1. The Morgan fingerprint density at radius 2 is 1.68 bits per heavy atom. The van der Waals surface area contributed by atoms with Gasteiger partial charge >= 0.3 is 0 Å². The molecule has 0 aliphatic rings. The molecule has 0 amide bonds. The lowest BCUT2D eigenvalue weighted by Crippen LogP contribution is -1.97. The average Bonchev–Trinajstić information content (AvgIpc) is 2.46. The van der Waals surface area contributed by atoms with Crippen LogP contribution in [0.4, 0.5) is 0 Å². The monoisotopic (exact) mass is 306 g/mol. The van der Waals surface area contributed by atoms with Crippen molar-refractivity contribution >= 4 is 6.08 Å². The normalized spacial score (nSPS) is 12.5. The highest BCUT2D eigenvalue weighted by atomic mass is 16.5. The Labute approximate surface area is 137 Å². The van der Waals surface area contributed by atoms with E-state index in [2.05, 4.69) is 58.9 Å². The number of hydrogen-bond donors (Lipinski definition) is 1. The molecule has 0 aliphatic carbocycles. The van der Waals surface area contributed by atoms with Gasteiger partial charge in [-0.05, 0) is 41.9 Å². The number of hydrogen-bond acceptors (Lipinski definition) is 2. The first-order chi connectivity index (χ1) is 10.3. The summed E-state index contributed by atoms with van der Waals surface area (Å²) in [4.78, 5) is 0. The Bertz CT molecular complexity index is 431. The molecule has 0 radical (unpaired) electrons. The molecule has 2 nitrogen and oxygen atoms in total. The van der Waals surface area contributed by atoms with Crippen LogP contribution >= 0.6 is 0 Å². The Balaban J connectivity index is 0.000000980. The molecule has 126 valence electrons. The van der Waals surface area contributed by atoms with E-state index in [9.17, 15) is 0 Å². The minimum absolute atomic E-state index is 0.230. The van der Waals surface area contributed by atoms with E-state index in [0.29, 0.717) is 11.8 Å². The van der Waals surface area contributed by atoms with Crippen LogP contribution in [0.2, 0.25) is 0 Å². The Morgan fingerprint density at radius 3 is 2.14 bits per heavy atom. The molecule has 0 unspecified atom stereocenters. The van der Waals surface area contributed by atoms with E-state index in [4.69, 9.17) is 9.84 Å². The maximum absolute atomic E-state index is 8.99. The van der Waals surface area contributed by atoms with Crippen molar-refractivity contribution < 1.29 is 9.84 Å². The zero-order valence-corrected chi connectivity index (χ0v) is 15.4. The van der Waals surface area contributed by atoms with Gasteiger partial charge in [0.05, 0.1) is 7.11 Å². The summed E-state index contributed by atoms with van der Waals surface area (Å²) in [6, 6.07) is 6.30. The fraction of sp³-hybridized carbons (Fsp3) is 0.600. The van der Waals surface area contributed by atoms with Gasteiger partial charge in [0.1, 0.15) is 5.75 Å². The molecular weight excluding hydrogens is 272 g/mol. The molecule has 1 atom stereocenters. The quantitative estimate of drug-likeness (QED) is 0.750. The highest BCUT2D eigenvalue weighted by molar-refractivity contribution is 5.58. The van der Waals surface area contributed by atoms with Crippen LogP contribution in [0.3, 0.4) is 0 Å². The smallest absolute Gasteiger partial charge is 0.126 e. The molecule has 0 heterocycles. The zero-order chi connectivity index (χ0) is 17.1. The molecule has 22 heavy (non-hydrogen) atoms. The van der Waals surface area contributed by atoms with Crippen molar-refractivity contribution in [2.24, 2.45) is 11.8 Å².